The van der Waals surface area contributed by atoms with Crippen LogP contribution in [-0.4, -0.2) is 85.8 Å². The van der Waals surface area contributed by atoms with Crippen molar-refractivity contribution in [1.29, 1.82) is 0 Å². The number of unbranched alkanes of at least 4 members (excludes halogenated alkanes) is 32. The second-order valence-electron chi connectivity index (χ2n) is 19.7. The molecule has 2 heterocycles. The highest BCUT2D eigenvalue weighted by Crippen LogP contribution is 2.23. The molecule has 2 aliphatic heterocycles. The maximum Gasteiger partial charge on any atom is 0.236 e. The molecule has 2 atom stereocenters. The Balaban J connectivity index is 1.35. The van der Waals surface area contributed by atoms with Crippen LogP contribution in [0.15, 0.2) is 24.3 Å². The molecule has 9 heteroatoms. The number of likely N-dealkylation sites (tertiary alicyclic amines) is 2. The van der Waals surface area contributed by atoms with Gasteiger partial charge < -0.3 is 16.0 Å². The van der Waals surface area contributed by atoms with Gasteiger partial charge in [0, 0.05) is 65.2 Å². The molecule has 2 rings (SSSR count). The molecule has 3 N–H and O–H groups in total. The van der Waals surface area contributed by atoms with Crippen LogP contribution in [0.2, 0.25) is 0 Å². The molecule has 0 aromatic heterocycles. The lowest BCUT2D eigenvalue weighted by Gasteiger charge is -2.15. The molecule has 0 saturated carbocycles. The fourth-order valence-electron chi connectivity index (χ4n) is 9.44. The first-order chi connectivity index (χ1) is 32.0. The molecule has 0 spiro atoms. The lowest BCUT2D eigenvalue weighted by Crippen LogP contribution is -2.40. The first-order valence-electron chi connectivity index (χ1n) is 28.1. The average Bonchev–Trinajstić information content (AvgIpc) is 3.73. The van der Waals surface area contributed by atoms with Crippen molar-refractivity contribution in [2.45, 2.75) is 245 Å². The van der Waals surface area contributed by atoms with E-state index in [1.54, 1.807) is 0 Å². The summed E-state index contributed by atoms with van der Waals surface area (Å²) >= 11 is 0. The predicted octanol–water partition coefficient (Wildman–Crippen LogP) is 12.9. The van der Waals surface area contributed by atoms with E-state index >= 15 is 0 Å². The molecule has 0 aromatic rings. The number of hydrogen-bond donors (Lipinski definition) is 3. The smallest absolute Gasteiger partial charge is 0.236 e. The van der Waals surface area contributed by atoms with Gasteiger partial charge in [0.1, 0.15) is 0 Å². The Labute approximate surface area is 400 Å². The first-order valence-corrected chi connectivity index (χ1v) is 28.1. The van der Waals surface area contributed by atoms with Gasteiger partial charge in [-0.05, 0) is 25.7 Å². The van der Waals surface area contributed by atoms with E-state index in [2.05, 4.69) is 41.9 Å². The van der Waals surface area contributed by atoms with E-state index in [1.165, 1.54) is 202 Å². The van der Waals surface area contributed by atoms with Gasteiger partial charge in [-0.15, -0.1) is 0 Å². The lowest BCUT2D eigenvalue weighted by atomic mass is 10.0. The second-order valence-corrected chi connectivity index (χ2v) is 19.7. The Kier molecular flexibility index (Phi) is 38.8. The highest BCUT2D eigenvalue weighted by atomic mass is 16.2. The summed E-state index contributed by atoms with van der Waals surface area (Å²) in [6, 6.07) is 0. The summed E-state index contributed by atoms with van der Waals surface area (Å²) in [5.41, 5.74) is 0. The summed E-state index contributed by atoms with van der Waals surface area (Å²) in [6.45, 7) is 9.57. The Bertz CT molecular complexity index is 1150. The van der Waals surface area contributed by atoms with Crippen molar-refractivity contribution >= 4 is 23.6 Å². The van der Waals surface area contributed by atoms with Gasteiger partial charge in [0.15, 0.2) is 0 Å². The van der Waals surface area contributed by atoms with Crippen molar-refractivity contribution in [3.8, 4) is 0 Å². The lowest BCUT2D eigenvalue weighted by molar-refractivity contribution is -0.140. The number of carbonyl (C=O) groups excluding carboxylic acids is 4. The van der Waals surface area contributed by atoms with Crippen LogP contribution in [0, 0.1) is 11.8 Å². The summed E-state index contributed by atoms with van der Waals surface area (Å²) in [4.78, 5) is 53.7. The highest BCUT2D eigenvalue weighted by molar-refractivity contribution is 6.05. The molecule has 0 aromatic carbocycles. The number of hydrogen-bond acceptors (Lipinski definition) is 7. The van der Waals surface area contributed by atoms with Gasteiger partial charge in [0.05, 0.1) is 11.8 Å². The summed E-state index contributed by atoms with van der Waals surface area (Å²) < 4.78 is 0. The average molecular weight is 910 g/mol. The predicted molar refractivity (Wildman–Crippen MR) is 275 cm³/mol. The normalized spacial score (nSPS) is 16.9. The summed E-state index contributed by atoms with van der Waals surface area (Å²) in [5, 5.41) is 10.1. The van der Waals surface area contributed by atoms with Crippen LogP contribution in [0.5, 0.6) is 0 Å². The van der Waals surface area contributed by atoms with Gasteiger partial charge >= 0.3 is 0 Å². The Hall–Kier alpha value is -2.36. The molecule has 0 radical (unpaired) electrons. The number of nitrogens with zero attached hydrogens (tertiary/aromatic N) is 2. The third-order valence-electron chi connectivity index (χ3n) is 13.7. The van der Waals surface area contributed by atoms with Gasteiger partial charge in [0.2, 0.25) is 23.6 Å². The van der Waals surface area contributed by atoms with Gasteiger partial charge in [-0.3, -0.25) is 29.0 Å². The topological polar surface area (TPSA) is 111 Å². The number of amides is 4. The Morgan fingerprint density at radius 3 is 0.892 bits per heavy atom. The van der Waals surface area contributed by atoms with Crippen LogP contribution in [0.4, 0.5) is 0 Å². The molecule has 0 aliphatic carbocycles. The molecule has 9 nitrogen and oxygen atoms in total. The second kappa shape index (κ2) is 43.0. The maximum atomic E-state index is 12.9. The molecule has 65 heavy (non-hydrogen) atoms. The van der Waals surface area contributed by atoms with Crippen LogP contribution in [0.3, 0.4) is 0 Å². The van der Waals surface area contributed by atoms with Crippen LogP contribution in [0.25, 0.3) is 0 Å². The van der Waals surface area contributed by atoms with Crippen LogP contribution in [0.1, 0.15) is 245 Å². The largest absolute Gasteiger partial charge is 0.314 e. The van der Waals surface area contributed by atoms with Gasteiger partial charge in [0.25, 0.3) is 0 Å². The fourth-order valence-corrected chi connectivity index (χ4v) is 9.44. The van der Waals surface area contributed by atoms with Gasteiger partial charge in [-0.2, -0.15) is 0 Å². The molecule has 2 unspecified atom stereocenters. The quantitative estimate of drug-likeness (QED) is 0.0317. The van der Waals surface area contributed by atoms with E-state index in [9.17, 15) is 19.2 Å². The van der Waals surface area contributed by atoms with E-state index in [1.807, 2.05) is 12.2 Å². The van der Waals surface area contributed by atoms with Gasteiger partial charge in [-0.1, -0.05) is 231 Å². The van der Waals surface area contributed by atoms with Gasteiger partial charge in [-0.25, -0.2) is 0 Å². The van der Waals surface area contributed by atoms with Crippen LogP contribution in [-0.2, 0) is 19.2 Å². The molecule has 2 fully saturated rings. The van der Waals surface area contributed by atoms with Crippen molar-refractivity contribution in [2.24, 2.45) is 11.8 Å². The summed E-state index contributed by atoms with van der Waals surface area (Å²) in [5.74, 6) is -0.864. The van der Waals surface area contributed by atoms with E-state index in [0.29, 0.717) is 39.0 Å². The minimum absolute atomic E-state index is 0.0609. The number of rotatable bonds is 48. The Morgan fingerprint density at radius 1 is 0.369 bits per heavy atom. The molecule has 0 bridgehead atoms. The van der Waals surface area contributed by atoms with E-state index in [-0.39, 0.29) is 35.5 Å². The standard InChI is InChI=1S/C56H103N5O4/c1-3-5-7-9-11-13-15-17-19-21-23-25-27-29-31-33-35-37-39-51-49-53(62)60(55(51)64)47-45-58-43-41-57-42-44-59-46-48-61-54(63)50-52(56(61)65)40-38-36-34-32-30-28-26-24-22-20-18-16-14-12-10-8-6-4-2/h37-40,51-52,57-59H,3-36,41-50H2,1-2H3. The highest BCUT2D eigenvalue weighted by Gasteiger charge is 2.37. The third kappa shape index (κ3) is 31.3. The molecule has 2 saturated heterocycles. The van der Waals surface area contributed by atoms with Crippen LogP contribution < -0.4 is 16.0 Å². The zero-order valence-corrected chi connectivity index (χ0v) is 42.6. The third-order valence-corrected chi connectivity index (χ3v) is 13.7. The van der Waals surface area contributed by atoms with Crippen molar-refractivity contribution in [1.82, 2.24) is 25.8 Å². The molecular weight excluding hydrogens is 807 g/mol. The minimum atomic E-state index is -0.305. The number of nitrogens with one attached hydrogen (secondary N) is 3. The van der Waals surface area contributed by atoms with Crippen molar-refractivity contribution < 1.29 is 19.2 Å². The SMILES string of the molecule is CCCCCCCCCCCCCCCCCCC=CC1CC(=O)N(CCNCCNCCNCCN2C(=O)CC(C=CCCCCCCCCCCCCCCCCCC)C2=O)C1=O. The zero-order chi connectivity index (χ0) is 46.7. The van der Waals surface area contributed by atoms with E-state index in [0.717, 1.165) is 51.9 Å². The van der Waals surface area contributed by atoms with Crippen molar-refractivity contribution in [3.63, 3.8) is 0 Å². The number of allylic oxidation sites excluding steroid dienone is 2. The Morgan fingerprint density at radius 2 is 0.615 bits per heavy atom. The van der Waals surface area contributed by atoms with E-state index in [4.69, 9.17) is 0 Å². The van der Waals surface area contributed by atoms with Crippen molar-refractivity contribution in [2.75, 3.05) is 52.4 Å². The van der Waals surface area contributed by atoms with E-state index < -0.39 is 0 Å². The molecule has 2 aliphatic rings. The van der Waals surface area contributed by atoms with Crippen molar-refractivity contribution in [3.05, 3.63) is 24.3 Å². The molecule has 376 valence electrons. The fraction of sp³-hybridized carbons (Fsp3) is 0.857. The molecular formula is C56H103N5O4. The number of imide groups is 2. The maximum absolute atomic E-state index is 12.9. The monoisotopic (exact) mass is 910 g/mol. The minimum Gasteiger partial charge on any atom is -0.314 e. The summed E-state index contributed by atoms with van der Waals surface area (Å²) in [7, 11) is 0. The summed E-state index contributed by atoms with van der Waals surface area (Å²) in [6.07, 6.45) is 54.4. The molecule has 4 amide bonds. The first kappa shape index (κ1) is 58.8. The zero-order valence-electron chi connectivity index (χ0n) is 42.6. The number of carbonyl (C=O) groups is 4. The van der Waals surface area contributed by atoms with Crippen LogP contribution >= 0.6 is 0 Å².